The molecular formula is C90H96N18O3. The van der Waals surface area contributed by atoms with E-state index in [-0.39, 0.29) is 40.9 Å². The Labute approximate surface area is 649 Å². The zero-order valence-corrected chi connectivity index (χ0v) is 65.1. The molecule has 0 spiro atoms. The van der Waals surface area contributed by atoms with Crippen molar-refractivity contribution >= 4 is 67.9 Å². The molecule has 0 unspecified atom stereocenters. The number of anilines is 3. The van der Waals surface area contributed by atoms with Gasteiger partial charge in [-0.3, -0.25) is 14.4 Å². The third-order valence-corrected chi connectivity index (χ3v) is 21.2. The fourth-order valence-corrected chi connectivity index (χ4v) is 14.5. The molecule has 6 aromatic carbocycles. The van der Waals surface area contributed by atoms with Crippen LogP contribution in [-0.4, -0.2) is 152 Å². The number of carbonyl (C=O) groups excluding carboxylic acids is 3. The Kier molecular flexibility index (Phi) is 23.8. The first-order valence-electron chi connectivity index (χ1n) is 38.1. The first kappa shape index (κ1) is 77.1. The van der Waals surface area contributed by atoms with Crippen molar-refractivity contribution < 1.29 is 14.4 Å². The van der Waals surface area contributed by atoms with Crippen molar-refractivity contribution in [2.75, 3.05) is 77.6 Å². The lowest BCUT2D eigenvalue weighted by Gasteiger charge is -2.29. The fraction of sp³-hybridized carbons (Fsp3) is 0.333. The lowest BCUT2D eigenvalue weighted by molar-refractivity contribution is -0.117. The smallest absolute Gasteiger partial charge is 0.167 e. The number of aryl methyl sites for hydroxylation is 4. The van der Waals surface area contributed by atoms with Gasteiger partial charge in [-0.1, -0.05) is 153 Å². The van der Waals surface area contributed by atoms with Gasteiger partial charge in [-0.05, 0) is 219 Å². The number of likely N-dealkylation sites (tertiary alicyclic amines) is 3. The Bertz CT molecular complexity index is 5650. The molecule has 3 aliphatic rings. The van der Waals surface area contributed by atoms with Crippen LogP contribution in [0.2, 0.25) is 0 Å². The summed E-state index contributed by atoms with van der Waals surface area (Å²) in [5.74, 6) is 21.0. The van der Waals surface area contributed by atoms with Crippen LogP contribution in [0.4, 0.5) is 17.5 Å². The summed E-state index contributed by atoms with van der Waals surface area (Å²) in [7, 11) is 6.42. The van der Waals surface area contributed by atoms with Crippen molar-refractivity contribution in [3.8, 4) is 35.5 Å². The van der Waals surface area contributed by atoms with E-state index < -0.39 is 0 Å². The number of ketones is 3. The molecule has 111 heavy (non-hydrogen) atoms. The SMILES string of the molecule is Cc1ccc(C(=O)Cc2ccc(C)c(C#Cc3nn(C4CCN(C)CC4)c4ncnc(N)c34)c2)cc1.Cc1ccc(CC(=O)c2cccc(C(C)(C)C)c2)cc1C#Cc1nn(C2CCN(C)CC2)c2ncnc(N)c12.Cc1cccc(CC(=O)Cc2cccc(C#Cc3nn(C4CCN(C)CC4)c4ncnc(N)c34)c2)c1. The number of hydrogen-bond donors (Lipinski definition) is 3. The third-order valence-electron chi connectivity index (χ3n) is 21.2. The second kappa shape index (κ2) is 34.2. The summed E-state index contributed by atoms with van der Waals surface area (Å²) < 4.78 is 5.94. The first-order chi connectivity index (χ1) is 53.4. The highest BCUT2D eigenvalue weighted by molar-refractivity contribution is 5.99. The summed E-state index contributed by atoms with van der Waals surface area (Å²) in [4.78, 5) is 71.6. The largest absolute Gasteiger partial charge is 0.383 e. The Morgan fingerprint density at radius 2 is 0.802 bits per heavy atom. The highest BCUT2D eigenvalue weighted by Crippen LogP contribution is 2.33. The van der Waals surface area contributed by atoms with E-state index in [1.807, 2.05) is 163 Å². The number of nitrogen functional groups attached to an aromatic ring is 3. The Morgan fingerprint density at radius 3 is 1.23 bits per heavy atom. The van der Waals surface area contributed by atoms with Gasteiger partial charge < -0.3 is 31.9 Å². The number of fused-ring (bicyclic) bond motifs is 3. The number of rotatable bonds is 13. The van der Waals surface area contributed by atoms with Crippen LogP contribution in [0.3, 0.4) is 0 Å². The monoisotopic (exact) mass is 1480 g/mol. The summed E-state index contributed by atoms with van der Waals surface area (Å²) in [5.41, 5.74) is 36.1. The predicted octanol–water partition coefficient (Wildman–Crippen LogP) is 13.0. The molecule has 3 saturated heterocycles. The van der Waals surface area contributed by atoms with Crippen LogP contribution < -0.4 is 17.2 Å². The molecule has 0 radical (unpaired) electrons. The second-order valence-corrected chi connectivity index (χ2v) is 30.9. The normalized spacial score (nSPS) is 14.6. The molecule has 0 atom stereocenters. The van der Waals surface area contributed by atoms with E-state index >= 15 is 0 Å². The maximum absolute atomic E-state index is 13.1. The molecule has 0 aliphatic carbocycles. The van der Waals surface area contributed by atoms with Crippen LogP contribution in [-0.2, 0) is 35.9 Å². The van der Waals surface area contributed by atoms with E-state index in [0.29, 0.717) is 76.4 Å². The quantitative estimate of drug-likeness (QED) is 0.0715. The van der Waals surface area contributed by atoms with Gasteiger partial charge in [-0.25, -0.2) is 43.9 Å². The summed E-state index contributed by atoms with van der Waals surface area (Å²) in [5, 5.41) is 16.6. The summed E-state index contributed by atoms with van der Waals surface area (Å²) in [6.45, 7) is 20.6. The first-order valence-corrected chi connectivity index (χ1v) is 38.1. The minimum Gasteiger partial charge on any atom is -0.383 e. The number of aromatic nitrogens is 12. The van der Waals surface area contributed by atoms with Gasteiger partial charge in [0, 0.05) is 53.5 Å². The van der Waals surface area contributed by atoms with Gasteiger partial charge in [0.15, 0.2) is 28.5 Å². The van der Waals surface area contributed by atoms with Crippen LogP contribution in [0.5, 0.6) is 0 Å². The van der Waals surface area contributed by atoms with Crippen molar-refractivity contribution in [1.29, 1.82) is 0 Å². The van der Waals surface area contributed by atoms with E-state index in [1.54, 1.807) is 0 Å². The van der Waals surface area contributed by atoms with Crippen LogP contribution in [0.25, 0.3) is 33.1 Å². The summed E-state index contributed by atoms with van der Waals surface area (Å²) >= 11 is 0. The van der Waals surface area contributed by atoms with Crippen molar-refractivity contribution in [2.45, 2.75) is 136 Å². The second-order valence-electron chi connectivity index (χ2n) is 30.9. The maximum Gasteiger partial charge on any atom is 0.167 e. The number of nitrogens with two attached hydrogens (primary N) is 3. The Hall–Kier alpha value is -12.1. The molecular weight excluding hydrogens is 1380 g/mol. The van der Waals surface area contributed by atoms with Crippen molar-refractivity contribution in [2.24, 2.45) is 0 Å². The molecule has 21 heteroatoms. The molecule has 564 valence electrons. The zero-order chi connectivity index (χ0) is 78.0. The average molecular weight is 1480 g/mol. The Morgan fingerprint density at radius 1 is 0.405 bits per heavy atom. The van der Waals surface area contributed by atoms with Crippen LogP contribution in [0.1, 0.15) is 182 Å². The number of benzene rings is 6. The highest BCUT2D eigenvalue weighted by atomic mass is 16.1. The molecule has 0 amide bonds. The van der Waals surface area contributed by atoms with Gasteiger partial charge >= 0.3 is 0 Å². The Balaban J connectivity index is 0.000000146. The minimum absolute atomic E-state index is 0.0121. The number of carbonyl (C=O) groups is 3. The number of piperidine rings is 3. The van der Waals surface area contributed by atoms with Crippen molar-refractivity contribution in [3.63, 3.8) is 0 Å². The van der Waals surface area contributed by atoms with Crippen molar-refractivity contribution in [1.82, 2.24) is 73.9 Å². The summed E-state index contributed by atoms with van der Waals surface area (Å²) in [6.07, 6.45) is 11.9. The predicted molar refractivity (Wildman–Crippen MR) is 439 cm³/mol. The molecule has 0 saturated carbocycles. The van der Waals surface area contributed by atoms with E-state index in [2.05, 4.69) is 134 Å². The van der Waals surface area contributed by atoms with Gasteiger partial charge in [0.1, 0.15) is 59.3 Å². The van der Waals surface area contributed by atoms with Gasteiger partial charge in [0.2, 0.25) is 0 Å². The third kappa shape index (κ3) is 18.8. The van der Waals surface area contributed by atoms with Crippen molar-refractivity contribution in [3.05, 3.63) is 247 Å². The van der Waals surface area contributed by atoms with E-state index in [1.165, 1.54) is 19.0 Å². The maximum atomic E-state index is 13.1. The molecule has 15 rings (SSSR count). The number of Topliss-reactive ketones (excluding diaryl/α,β-unsaturated/α-hetero) is 3. The lowest BCUT2D eigenvalue weighted by Crippen LogP contribution is -2.32. The number of hydrogen-bond acceptors (Lipinski definition) is 18. The highest BCUT2D eigenvalue weighted by Gasteiger charge is 2.28. The standard InChI is InChI=1S/C32H36N6O.2C29H30N6O/c1-21-9-10-22(18-28(39)24-7-6-8-25(19-24)32(2,3)4)17-23(21)11-12-27-29-30(33)34-20-35-31(29)38(36-27)26-13-15-37(5)16-14-26;1-19-4-8-22(9-5-19)26(36)17-21-7-6-20(2)23(16-21)10-11-25-27-28(30)31-18-32-29(27)35(33-25)24-12-14-34(3)15-13-24;1-20-5-3-7-22(15-20)17-25(36)18-23-8-4-6-21(16-23)9-10-26-27-28(30)31-19-32-29(27)35(33-26)24-11-13-34(2)14-12-24/h6-10,17,19-20,26H,13-16,18H2,1-5H3,(H2,33,34,35);4-9,16,18,24H,12-15,17H2,1-3H3,(H2,30,31,32);3-8,15-16,19,24H,11-14,17-18H2,1-2H3,(H2,30,31,32). The molecule has 9 heterocycles. The average Bonchev–Trinajstić information content (AvgIpc) is 1.64. The minimum atomic E-state index is -0.0121. The van der Waals surface area contributed by atoms with E-state index in [0.717, 1.165) is 173 Å². The van der Waals surface area contributed by atoms with Gasteiger partial charge in [-0.15, -0.1) is 0 Å². The summed E-state index contributed by atoms with van der Waals surface area (Å²) in [6, 6.07) is 44.3. The van der Waals surface area contributed by atoms with Gasteiger partial charge in [0.25, 0.3) is 0 Å². The van der Waals surface area contributed by atoms with Crippen LogP contribution in [0, 0.1) is 63.2 Å². The topological polar surface area (TPSA) is 270 Å². The molecule has 6 N–H and O–H groups in total. The molecule has 3 aliphatic heterocycles. The fourth-order valence-electron chi connectivity index (χ4n) is 14.5. The molecule has 0 bridgehead atoms. The molecule has 6 aromatic heterocycles. The number of nitrogens with zero attached hydrogens (tertiary/aromatic N) is 15. The van der Waals surface area contributed by atoms with Crippen LogP contribution in [0.15, 0.2) is 152 Å². The van der Waals surface area contributed by atoms with Crippen LogP contribution >= 0.6 is 0 Å². The zero-order valence-electron chi connectivity index (χ0n) is 65.1. The van der Waals surface area contributed by atoms with Gasteiger partial charge in [0.05, 0.1) is 34.3 Å². The lowest BCUT2D eigenvalue weighted by atomic mass is 9.85. The van der Waals surface area contributed by atoms with E-state index in [4.69, 9.17) is 32.5 Å². The van der Waals surface area contributed by atoms with Gasteiger partial charge in [-0.2, -0.15) is 15.3 Å². The molecule has 21 nitrogen and oxygen atoms in total. The molecule has 3 fully saturated rings. The van der Waals surface area contributed by atoms with E-state index in [9.17, 15) is 14.4 Å². The molecule has 12 aromatic rings.